The van der Waals surface area contributed by atoms with E-state index in [1.54, 1.807) is 7.11 Å². The molecule has 3 nitrogen and oxygen atoms in total. The molecule has 2 aromatic carbocycles. The van der Waals surface area contributed by atoms with E-state index >= 15 is 0 Å². The monoisotopic (exact) mass is 293 g/mol. The maximum absolute atomic E-state index is 5.53. The summed E-state index contributed by atoms with van der Waals surface area (Å²) in [7, 11) is 1.66. The third kappa shape index (κ3) is 2.62. The fourth-order valence-corrected chi connectivity index (χ4v) is 2.49. The number of rotatable bonds is 3. The molecule has 1 heterocycles. The number of aromatic nitrogens is 1. The van der Waals surface area contributed by atoms with E-state index in [2.05, 4.69) is 38.1 Å². The maximum Gasteiger partial charge on any atom is 0.167 e. The average Bonchev–Trinajstić information content (AvgIpc) is 3.02. The number of aryl methyl sites for hydroxylation is 2. The van der Waals surface area contributed by atoms with Crippen molar-refractivity contribution in [3.63, 3.8) is 0 Å². The molecule has 0 aliphatic heterocycles. The first-order valence-electron chi connectivity index (χ1n) is 7.28. The molecule has 3 heteroatoms. The quantitative estimate of drug-likeness (QED) is 0.686. The number of methoxy groups -OCH3 is 1. The molecular weight excluding hydrogens is 274 g/mol. The van der Waals surface area contributed by atoms with Gasteiger partial charge in [0.15, 0.2) is 5.76 Å². The van der Waals surface area contributed by atoms with E-state index in [4.69, 9.17) is 9.26 Å². The lowest BCUT2D eigenvalue weighted by Gasteiger charge is -2.06. The zero-order valence-electron chi connectivity index (χ0n) is 13.3. The minimum absolute atomic E-state index is 0.789. The molecule has 0 atom stereocenters. The van der Waals surface area contributed by atoms with Crippen molar-refractivity contribution in [3.05, 3.63) is 59.2 Å². The molecule has 0 fully saturated rings. The Morgan fingerprint density at radius 1 is 0.864 bits per heavy atom. The summed E-state index contributed by atoms with van der Waals surface area (Å²) in [5, 5.41) is 4.18. The number of benzene rings is 2. The van der Waals surface area contributed by atoms with E-state index in [0.29, 0.717) is 0 Å². The van der Waals surface area contributed by atoms with E-state index in [-0.39, 0.29) is 0 Å². The van der Waals surface area contributed by atoms with Gasteiger partial charge in [0.1, 0.15) is 11.4 Å². The van der Waals surface area contributed by atoms with Crippen molar-refractivity contribution in [2.75, 3.05) is 7.11 Å². The van der Waals surface area contributed by atoms with Crippen LogP contribution in [0, 0.1) is 20.8 Å². The Balaban J connectivity index is 1.96. The van der Waals surface area contributed by atoms with Gasteiger partial charge in [0.05, 0.1) is 7.11 Å². The molecule has 0 spiro atoms. The second-order valence-electron chi connectivity index (χ2n) is 5.54. The summed E-state index contributed by atoms with van der Waals surface area (Å²) in [4.78, 5) is 0. The van der Waals surface area contributed by atoms with Crippen LogP contribution < -0.4 is 4.74 Å². The highest BCUT2D eigenvalue weighted by molar-refractivity contribution is 5.68. The van der Waals surface area contributed by atoms with Crippen molar-refractivity contribution in [2.45, 2.75) is 20.8 Å². The Labute approximate surface area is 130 Å². The third-order valence-corrected chi connectivity index (χ3v) is 4.11. The van der Waals surface area contributed by atoms with Crippen LogP contribution in [0.3, 0.4) is 0 Å². The minimum atomic E-state index is 0.789. The predicted octanol–water partition coefficient (Wildman–Crippen LogP) is 4.94. The Morgan fingerprint density at radius 2 is 1.50 bits per heavy atom. The number of hydrogen-bond donors (Lipinski definition) is 0. The molecule has 0 saturated heterocycles. The zero-order chi connectivity index (χ0) is 15.7. The Morgan fingerprint density at radius 3 is 2.09 bits per heavy atom. The molecule has 0 amide bonds. The molecular formula is C19H19NO2. The van der Waals surface area contributed by atoms with Gasteiger partial charge in [-0.1, -0.05) is 5.16 Å². The molecule has 112 valence electrons. The van der Waals surface area contributed by atoms with Gasteiger partial charge in [-0.05, 0) is 73.9 Å². The molecule has 0 N–H and O–H groups in total. The van der Waals surface area contributed by atoms with E-state index in [9.17, 15) is 0 Å². The summed E-state index contributed by atoms with van der Waals surface area (Å²) in [6.07, 6.45) is 0. The lowest BCUT2D eigenvalue weighted by molar-refractivity contribution is 0.415. The topological polar surface area (TPSA) is 35.3 Å². The second kappa shape index (κ2) is 5.68. The largest absolute Gasteiger partial charge is 0.497 e. The van der Waals surface area contributed by atoms with Gasteiger partial charge in [-0.3, -0.25) is 0 Å². The molecule has 3 aromatic rings. The van der Waals surface area contributed by atoms with Gasteiger partial charge in [0, 0.05) is 17.2 Å². The predicted molar refractivity (Wildman–Crippen MR) is 88.1 cm³/mol. The summed E-state index contributed by atoms with van der Waals surface area (Å²) >= 11 is 0. The third-order valence-electron chi connectivity index (χ3n) is 4.11. The van der Waals surface area contributed by atoms with Crippen LogP contribution in [0.15, 0.2) is 47.0 Å². The first-order valence-corrected chi connectivity index (χ1v) is 7.28. The normalized spacial score (nSPS) is 10.7. The second-order valence-corrected chi connectivity index (χ2v) is 5.54. The van der Waals surface area contributed by atoms with Gasteiger partial charge in [0.25, 0.3) is 0 Å². The van der Waals surface area contributed by atoms with E-state index in [1.165, 1.54) is 16.7 Å². The fraction of sp³-hybridized carbons (Fsp3) is 0.211. The van der Waals surface area contributed by atoms with Crippen LogP contribution in [0.2, 0.25) is 0 Å². The van der Waals surface area contributed by atoms with Crippen molar-refractivity contribution in [1.29, 1.82) is 0 Å². The van der Waals surface area contributed by atoms with Gasteiger partial charge in [0.2, 0.25) is 0 Å². The molecule has 0 unspecified atom stereocenters. The Kier molecular flexibility index (Phi) is 3.72. The van der Waals surface area contributed by atoms with Gasteiger partial charge >= 0.3 is 0 Å². The summed E-state index contributed by atoms with van der Waals surface area (Å²) < 4.78 is 10.7. The van der Waals surface area contributed by atoms with Crippen LogP contribution in [0.5, 0.6) is 5.75 Å². The van der Waals surface area contributed by atoms with Gasteiger partial charge < -0.3 is 9.26 Å². The van der Waals surface area contributed by atoms with Crippen molar-refractivity contribution in [3.8, 4) is 28.3 Å². The zero-order valence-corrected chi connectivity index (χ0v) is 13.3. The summed E-state index contributed by atoms with van der Waals surface area (Å²) in [5.41, 5.74) is 6.74. The molecule has 0 saturated carbocycles. The van der Waals surface area contributed by atoms with Crippen molar-refractivity contribution in [1.82, 2.24) is 5.16 Å². The molecule has 0 bridgehead atoms. The lowest BCUT2D eigenvalue weighted by Crippen LogP contribution is -1.87. The first-order chi connectivity index (χ1) is 10.6. The van der Waals surface area contributed by atoms with Crippen LogP contribution in [0.1, 0.15) is 16.7 Å². The molecule has 3 rings (SSSR count). The van der Waals surface area contributed by atoms with Gasteiger partial charge in [-0.25, -0.2) is 0 Å². The Bertz CT molecular complexity index is 778. The highest BCUT2D eigenvalue weighted by Gasteiger charge is 2.10. The molecule has 0 aliphatic carbocycles. The summed E-state index contributed by atoms with van der Waals surface area (Å²) in [6, 6.07) is 14.1. The summed E-state index contributed by atoms with van der Waals surface area (Å²) in [6.45, 7) is 6.37. The maximum atomic E-state index is 5.53. The number of hydrogen-bond acceptors (Lipinski definition) is 3. The molecule has 0 aliphatic rings. The lowest BCUT2D eigenvalue weighted by atomic mass is 9.99. The van der Waals surface area contributed by atoms with Crippen molar-refractivity contribution in [2.24, 2.45) is 0 Å². The first kappa shape index (κ1) is 14.4. The fourth-order valence-electron chi connectivity index (χ4n) is 2.49. The smallest absolute Gasteiger partial charge is 0.167 e. The van der Waals surface area contributed by atoms with E-state index < -0.39 is 0 Å². The molecule has 0 radical (unpaired) electrons. The SMILES string of the molecule is COc1ccc(-c2cc(-c3cc(C)c(C)c(C)c3)on2)cc1. The average molecular weight is 293 g/mol. The van der Waals surface area contributed by atoms with Crippen molar-refractivity contribution < 1.29 is 9.26 Å². The Hall–Kier alpha value is -2.55. The van der Waals surface area contributed by atoms with Gasteiger partial charge in [-0.15, -0.1) is 0 Å². The van der Waals surface area contributed by atoms with E-state index in [1.807, 2.05) is 30.3 Å². The van der Waals surface area contributed by atoms with Crippen LogP contribution >= 0.6 is 0 Å². The van der Waals surface area contributed by atoms with Crippen LogP contribution in [-0.2, 0) is 0 Å². The van der Waals surface area contributed by atoms with E-state index in [0.717, 1.165) is 28.3 Å². The number of nitrogens with zero attached hydrogens (tertiary/aromatic N) is 1. The molecule has 22 heavy (non-hydrogen) atoms. The highest BCUT2D eigenvalue weighted by atomic mass is 16.5. The van der Waals surface area contributed by atoms with Crippen LogP contribution in [0.25, 0.3) is 22.6 Å². The minimum Gasteiger partial charge on any atom is -0.497 e. The molecule has 1 aromatic heterocycles. The van der Waals surface area contributed by atoms with Crippen LogP contribution in [-0.4, -0.2) is 12.3 Å². The number of ether oxygens (including phenoxy) is 1. The standard InChI is InChI=1S/C19H19NO2/c1-12-9-16(10-13(2)14(12)3)19-11-18(20-22-19)15-5-7-17(21-4)8-6-15/h5-11H,1-4H3. The highest BCUT2D eigenvalue weighted by Crippen LogP contribution is 2.29. The van der Waals surface area contributed by atoms with Gasteiger partial charge in [-0.2, -0.15) is 0 Å². The summed E-state index contributed by atoms with van der Waals surface area (Å²) in [5.74, 6) is 1.62. The van der Waals surface area contributed by atoms with Crippen molar-refractivity contribution >= 4 is 0 Å². The van der Waals surface area contributed by atoms with Crippen LogP contribution in [0.4, 0.5) is 0 Å².